The van der Waals surface area contributed by atoms with E-state index in [4.69, 9.17) is 4.74 Å². The SMILES string of the molecule is CCCN(C(C)C)C(C)CNCC1CCCO1. The molecule has 0 aromatic heterocycles. The average molecular weight is 242 g/mol. The minimum atomic E-state index is 0.459. The van der Waals surface area contributed by atoms with Gasteiger partial charge in [-0.15, -0.1) is 0 Å². The number of hydrogen-bond acceptors (Lipinski definition) is 3. The maximum absolute atomic E-state index is 5.61. The second-order valence-electron chi connectivity index (χ2n) is 5.47. The van der Waals surface area contributed by atoms with Crippen molar-refractivity contribution >= 4 is 0 Å². The van der Waals surface area contributed by atoms with E-state index in [9.17, 15) is 0 Å². The lowest BCUT2D eigenvalue weighted by molar-refractivity contribution is 0.105. The van der Waals surface area contributed by atoms with E-state index in [1.165, 1.54) is 25.8 Å². The van der Waals surface area contributed by atoms with Crippen molar-refractivity contribution in [3.05, 3.63) is 0 Å². The first-order valence-electron chi connectivity index (χ1n) is 7.23. The van der Waals surface area contributed by atoms with Crippen LogP contribution in [0, 0.1) is 0 Å². The number of rotatable bonds is 8. The summed E-state index contributed by atoms with van der Waals surface area (Å²) in [6, 6.07) is 1.24. The summed E-state index contributed by atoms with van der Waals surface area (Å²) in [5, 5.41) is 3.55. The quantitative estimate of drug-likeness (QED) is 0.706. The molecule has 0 spiro atoms. The van der Waals surface area contributed by atoms with Crippen molar-refractivity contribution in [2.24, 2.45) is 0 Å². The normalized spacial score (nSPS) is 22.6. The second-order valence-corrected chi connectivity index (χ2v) is 5.47. The molecule has 1 saturated heterocycles. The Morgan fingerprint density at radius 2 is 2.12 bits per heavy atom. The summed E-state index contributed by atoms with van der Waals surface area (Å²) in [5.74, 6) is 0. The molecule has 0 saturated carbocycles. The van der Waals surface area contributed by atoms with Crippen molar-refractivity contribution in [1.82, 2.24) is 10.2 Å². The van der Waals surface area contributed by atoms with Gasteiger partial charge in [0, 0.05) is 31.8 Å². The van der Waals surface area contributed by atoms with Gasteiger partial charge in [-0.2, -0.15) is 0 Å². The van der Waals surface area contributed by atoms with Crippen molar-refractivity contribution in [2.75, 3.05) is 26.2 Å². The molecule has 1 fully saturated rings. The van der Waals surface area contributed by atoms with E-state index in [0.717, 1.165) is 19.7 Å². The zero-order valence-corrected chi connectivity index (χ0v) is 12.0. The van der Waals surface area contributed by atoms with Crippen LogP contribution in [0.2, 0.25) is 0 Å². The Kier molecular flexibility index (Phi) is 7.09. The lowest BCUT2D eigenvalue weighted by Crippen LogP contribution is -2.45. The Morgan fingerprint density at radius 1 is 1.35 bits per heavy atom. The third kappa shape index (κ3) is 5.36. The molecule has 0 amide bonds. The summed E-state index contributed by atoms with van der Waals surface area (Å²) in [5.41, 5.74) is 0. The molecule has 0 aliphatic carbocycles. The van der Waals surface area contributed by atoms with Crippen LogP contribution < -0.4 is 5.32 Å². The van der Waals surface area contributed by atoms with Gasteiger partial charge < -0.3 is 10.1 Å². The number of hydrogen-bond donors (Lipinski definition) is 1. The highest BCUT2D eigenvalue weighted by molar-refractivity contribution is 4.74. The Morgan fingerprint density at radius 3 is 2.65 bits per heavy atom. The van der Waals surface area contributed by atoms with Gasteiger partial charge in [-0.25, -0.2) is 0 Å². The second kappa shape index (κ2) is 8.06. The fourth-order valence-electron chi connectivity index (χ4n) is 2.62. The van der Waals surface area contributed by atoms with Crippen LogP contribution in [0.1, 0.15) is 47.0 Å². The Bertz CT molecular complexity index is 191. The van der Waals surface area contributed by atoms with Crippen molar-refractivity contribution in [2.45, 2.75) is 65.1 Å². The van der Waals surface area contributed by atoms with Crippen LogP contribution in [0.3, 0.4) is 0 Å². The Hall–Kier alpha value is -0.120. The monoisotopic (exact) mass is 242 g/mol. The molecule has 0 aromatic carbocycles. The van der Waals surface area contributed by atoms with Crippen molar-refractivity contribution in [3.8, 4) is 0 Å². The highest BCUT2D eigenvalue weighted by Crippen LogP contribution is 2.11. The molecule has 0 bridgehead atoms. The zero-order chi connectivity index (χ0) is 12.7. The van der Waals surface area contributed by atoms with E-state index in [1.807, 2.05) is 0 Å². The summed E-state index contributed by atoms with van der Waals surface area (Å²) in [6.07, 6.45) is 4.15. The predicted octanol–water partition coefficient (Wildman–Crippen LogP) is 2.26. The van der Waals surface area contributed by atoms with Crippen LogP contribution in [0.25, 0.3) is 0 Å². The highest BCUT2D eigenvalue weighted by atomic mass is 16.5. The average Bonchev–Trinajstić information content (AvgIpc) is 2.78. The minimum Gasteiger partial charge on any atom is -0.377 e. The van der Waals surface area contributed by atoms with E-state index < -0.39 is 0 Å². The number of ether oxygens (including phenoxy) is 1. The van der Waals surface area contributed by atoms with Gasteiger partial charge in [-0.1, -0.05) is 6.92 Å². The molecule has 1 rings (SSSR count). The third-order valence-corrected chi connectivity index (χ3v) is 3.55. The fraction of sp³-hybridized carbons (Fsp3) is 1.00. The molecule has 3 nitrogen and oxygen atoms in total. The molecule has 0 aromatic rings. The van der Waals surface area contributed by atoms with E-state index >= 15 is 0 Å². The van der Waals surface area contributed by atoms with Gasteiger partial charge in [0.15, 0.2) is 0 Å². The molecule has 1 heterocycles. The van der Waals surface area contributed by atoms with E-state index in [-0.39, 0.29) is 0 Å². The van der Waals surface area contributed by atoms with Crippen LogP contribution in [0.15, 0.2) is 0 Å². The largest absolute Gasteiger partial charge is 0.377 e. The lowest BCUT2D eigenvalue weighted by Gasteiger charge is -2.32. The molecule has 1 aliphatic heterocycles. The molecular weight excluding hydrogens is 212 g/mol. The zero-order valence-electron chi connectivity index (χ0n) is 12.0. The van der Waals surface area contributed by atoms with Crippen molar-refractivity contribution in [3.63, 3.8) is 0 Å². The molecule has 2 unspecified atom stereocenters. The van der Waals surface area contributed by atoms with Crippen molar-refractivity contribution in [1.29, 1.82) is 0 Å². The summed E-state index contributed by atoms with van der Waals surface area (Å²) < 4.78 is 5.61. The molecule has 17 heavy (non-hydrogen) atoms. The van der Waals surface area contributed by atoms with Crippen LogP contribution >= 0.6 is 0 Å². The smallest absolute Gasteiger partial charge is 0.0700 e. The van der Waals surface area contributed by atoms with E-state index in [1.54, 1.807) is 0 Å². The lowest BCUT2D eigenvalue weighted by atomic mass is 10.2. The molecule has 1 aliphatic rings. The van der Waals surface area contributed by atoms with Gasteiger partial charge in [0.05, 0.1) is 6.10 Å². The minimum absolute atomic E-state index is 0.459. The number of nitrogens with one attached hydrogen (secondary N) is 1. The van der Waals surface area contributed by atoms with E-state index in [0.29, 0.717) is 18.2 Å². The summed E-state index contributed by atoms with van der Waals surface area (Å²) >= 11 is 0. The van der Waals surface area contributed by atoms with Gasteiger partial charge in [0.25, 0.3) is 0 Å². The number of nitrogens with zero attached hydrogens (tertiary/aromatic N) is 1. The Labute approximate surface area is 107 Å². The molecule has 0 radical (unpaired) electrons. The molecular formula is C14H30N2O. The first-order chi connectivity index (χ1) is 8.15. The molecule has 3 heteroatoms. The van der Waals surface area contributed by atoms with Gasteiger partial charge in [0.2, 0.25) is 0 Å². The summed E-state index contributed by atoms with van der Waals surface area (Å²) in [4.78, 5) is 2.57. The van der Waals surface area contributed by atoms with Gasteiger partial charge in [-0.3, -0.25) is 4.90 Å². The van der Waals surface area contributed by atoms with Crippen LogP contribution in [-0.4, -0.2) is 49.3 Å². The fourth-order valence-corrected chi connectivity index (χ4v) is 2.62. The summed E-state index contributed by atoms with van der Waals surface area (Å²) in [6.45, 7) is 13.4. The topological polar surface area (TPSA) is 24.5 Å². The Balaban J connectivity index is 2.18. The van der Waals surface area contributed by atoms with Crippen LogP contribution in [0.4, 0.5) is 0 Å². The van der Waals surface area contributed by atoms with Crippen LogP contribution in [-0.2, 0) is 4.74 Å². The maximum Gasteiger partial charge on any atom is 0.0700 e. The van der Waals surface area contributed by atoms with Crippen LogP contribution in [0.5, 0.6) is 0 Å². The third-order valence-electron chi connectivity index (χ3n) is 3.55. The maximum atomic E-state index is 5.61. The first kappa shape index (κ1) is 14.9. The molecule has 1 N–H and O–H groups in total. The van der Waals surface area contributed by atoms with Gasteiger partial charge in [-0.05, 0) is 46.6 Å². The molecule has 2 atom stereocenters. The summed E-state index contributed by atoms with van der Waals surface area (Å²) in [7, 11) is 0. The van der Waals surface area contributed by atoms with Gasteiger partial charge >= 0.3 is 0 Å². The standard InChI is InChI=1S/C14H30N2O/c1-5-8-16(12(2)3)13(4)10-15-11-14-7-6-9-17-14/h12-15H,5-11H2,1-4H3. The highest BCUT2D eigenvalue weighted by Gasteiger charge is 2.18. The van der Waals surface area contributed by atoms with E-state index in [2.05, 4.69) is 37.9 Å². The molecule has 102 valence electrons. The van der Waals surface area contributed by atoms with Gasteiger partial charge in [0.1, 0.15) is 0 Å². The van der Waals surface area contributed by atoms with Crippen molar-refractivity contribution < 1.29 is 4.74 Å². The first-order valence-corrected chi connectivity index (χ1v) is 7.23. The predicted molar refractivity (Wildman–Crippen MR) is 73.4 cm³/mol.